The first-order valence-electron chi connectivity index (χ1n) is 6.19. The SMILES string of the molecule is CCOC/C(=C\c1ccc(C)cc1)C(=O)OCC. The van der Waals surface area contributed by atoms with Crippen LogP contribution < -0.4 is 0 Å². The number of carbonyl (C=O) groups excluding carboxylic acids is 1. The Morgan fingerprint density at radius 2 is 1.83 bits per heavy atom. The molecule has 1 rings (SSSR count). The Bertz CT molecular complexity index is 404. The van der Waals surface area contributed by atoms with E-state index in [9.17, 15) is 4.79 Å². The number of hydrogen-bond acceptors (Lipinski definition) is 3. The third-order valence-corrected chi connectivity index (χ3v) is 2.42. The highest BCUT2D eigenvalue weighted by Crippen LogP contribution is 2.10. The molecule has 0 atom stereocenters. The molecule has 0 fully saturated rings. The van der Waals surface area contributed by atoms with Crippen molar-refractivity contribution in [3.05, 3.63) is 41.0 Å². The molecule has 3 heteroatoms. The zero-order chi connectivity index (χ0) is 13.4. The summed E-state index contributed by atoms with van der Waals surface area (Å²) in [6.45, 7) is 6.95. The van der Waals surface area contributed by atoms with Gasteiger partial charge in [-0.1, -0.05) is 29.8 Å². The quantitative estimate of drug-likeness (QED) is 0.573. The maximum Gasteiger partial charge on any atom is 0.336 e. The number of carbonyl (C=O) groups is 1. The second-order valence-electron chi connectivity index (χ2n) is 3.94. The minimum atomic E-state index is -0.313. The minimum Gasteiger partial charge on any atom is -0.463 e. The lowest BCUT2D eigenvalue weighted by Crippen LogP contribution is -2.12. The van der Waals surface area contributed by atoms with Crippen LogP contribution in [0.2, 0.25) is 0 Å². The van der Waals surface area contributed by atoms with Crippen LogP contribution in [0.3, 0.4) is 0 Å². The van der Waals surface area contributed by atoms with Gasteiger partial charge in [0.2, 0.25) is 0 Å². The molecule has 0 aliphatic heterocycles. The van der Waals surface area contributed by atoms with Crippen LogP contribution in [0, 0.1) is 6.92 Å². The smallest absolute Gasteiger partial charge is 0.336 e. The number of rotatable bonds is 6. The highest BCUT2D eigenvalue weighted by Gasteiger charge is 2.10. The van der Waals surface area contributed by atoms with Crippen molar-refractivity contribution in [1.29, 1.82) is 0 Å². The van der Waals surface area contributed by atoms with Gasteiger partial charge in [0.05, 0.1) is 18.8 Å². The summed E-state index contributed by atoms with van der Waals surface area (Å²) in [6, 6.07) is 7.96. The fourth-order valence-corrected chi connectivity index (χ4v) is 1.46. The topological polar surface area (TPSA) is 35.5 Å². The molecule has 0 aliphatic rings. The van der Waals surface area contributed by atoms with E-state index in [1.54, 1.807) is 6.92 Å². The minimum absolute atomic E-state index is 0.281. The van der Waals surface area contributed by atoms with E-state index >= 15 is 0 Å². The summed E-state index contributed by atoms with van der Waals surface area (Å²) in [7, 11) is 0. The van der Waals surface area contributed by atoms with Gasteiger partial charge in [-0.05, 0) is 32.4 Å². The number of aryl methyl sites for hydroxylation is 1. The monoisotopic (exact) mass is 248 g/mol. The van der Waals surface area contributed by atoms with E-state index < -0.39 is 0 Å². The van der Waals surface area contributed by atoms with E-state index in [-0.39, 0.29) is 12.6 Å². The summed E-state index contributed by atoms with van der Waals surface area (Å²) in [6.07, 6.45) is 1.81. The lowest BCUT2D eigenvalue weighted by Gasteiger charge is -2.07. The molecule has 0 amide bonds. The van der Waals surface area contributed by atoms with E-state index in [2.05, 4.69) is 0 Å². The molecule has 18 heavy (non-hydrogen) atoms. The molecule has 0 saturated carbocycles. The van der Waals surface area contributed by atoms with Gasteiger partial charge < -0.3 is 9.47 Å². The third kappa shape index (κ3) is 4.72. The number of hydrogen-bond donors (Lipinski definition) is 0. The van der Waals surface area contributed by atoms with Crippen molar-refractivity contribution in [3.63, 3.8) is 0 Å². The Morgan fingerprint density at radius 3 is 2.39 bits per heavy atom. The van der Waals surface area contributed by atoms with Gasteiger partial charge in [-0.25, -0.2) is 4.79 Å². The molecular formula is C15H20O3. The van der Waals surface area contributed by atoms with Crippen LogP contribution in [0.15, 0.2) is 29.8 Å². The molecule has 0 heterocycles. The highest BCUT2D eigenvalue weighted by atomic mass is 16.5. The molecule has 0 aliphatic carbocycles. The first-order chi connectivity index (χ1) is 8.67. The van der Waals surface area contributed by atoms with Gasteiger partial charge in [-0.2, -0.15) is 0 Å². The van der Waals surface area contributed by atoms with E-state index in [0.29, 0.717) is 18.8 Å². The van der Waals surface area contributed by atoms with E-state index in [0.717, 1.165) is 5.56 Å². The van der Waals surface area contributed by atoms with Crippen LogP contribution in [0.25, 0.3) is 6.08 Å². The van der Waals surface area contributed by atoms with E-state index in [4.69, 9.17) is 9.47 Å². The second kappa shape index (κ2) is 7.67. The Kier molecular flexibility index (Phi) is 6.15. The van der Waals surface area contributed by atoms with Crippen molar-refractivity contribution in [2.75, 3.05) is 19.8 Å². The van der Waals surface area contributed by atoms with Gasteiger partial charge in [0, 0.05) is 6.61 Å². The molecule has 98 valence electrons. The van der Waals surface area contributed by atoms with E-state index in [1.807, 2.05) is 44.2 Å². The second-order valence-corrected chi connectivity index (χ2v) is 3.94. The molecule has 1 aromatic rings. The summed E-state index contributed by atoms with van der Waals surface area (Å²) in [5.74, 6) is -0.313. The van der Waals surface area contributed by atoms with Crippen molar-refractivity contribution in [1.82, 2.24) is 0 Å². The Hall–Kier alpha value is -1.61. The van der Waals surface area contributed by atoms with Gasteiger partial charge >= 0.3 is 5.97 Å². The molecule has 0 unspecified atom stereocenters. The van der Waals surface area contributed by atoms with Gasteiger partial charge in [0.15, 0.2) is 0 Å². The standard InChI is InChI=1S/C15H20O3/c1-4-17-11-14(15(16)18-5-2)10-13-8-6-12(3)7-9-13/h6-10H,4-5,11H2,1-3H3/b14-10+. The van der Waals surface area contributed by atoms with Crippen LogP contribution in [0.1, 0.15) is 25.0 Å². The van der Waals surface area contributed by atoms with Gasteiger partial charge in [0.1, 0.15) is 0 Å². The Labute approximate surface area is 108 Å². The average Bonchev–Trinajstić information content (AvgIpc) is 2.37. The van der Waals surface area contributed by atoms with Crippen molar-refractivity contribution in [3.8, 4) is 0 Å². The zero-order valence-electron chi connectivity index (χ0n) is 11.2. The highest BCUT2D eigenvalue weighted by molar-refractivity contribution is 5.94. The summed E-state index contributed by atoms with van der Waals surface area (Å²) < 4.78 is 10.3. The average molecular weight is 248 g/mol. The molecule has 0 saturated heterocycles. The Morgan fingerprint density at radius 1 is 1.17 bits per heavy atom. The number of benzene rings is 1. The summed E-state index contributed by atoms with van der Waals surface area (Å²) in [5, 5.41) is 0. The molecule has 0 spiro atoms. The van der Waals surface area contributed by atoms with Crippen LogP contribution in [0.5, 0.6) is 0 Å². The molecule has 0 aromatic heterocycles. The normalized spacial score (nSPS) is 11.4. The van der Waals surface area contributed by atoms with Gasteiger partial charge in [-0.15, -0.1) is 0 Å². The predicted octanol–water partition coefficient (Wildman–Crippen LogP) is 2.98. The number of ether oxygens (including phenoxy) is 2. The van der Waals surface area contributed by atoms with Crippen LogP contribution >= 0.6 is 0 Å². The lowest BCUT2D eigenvalue weighted by molar-refractivity contribution is -0.139. The van der Waals surface area contributed by atoms with Gasteiger partial charge in [0.25, 0.3) is 0 Å². The van der Waals surface area contributed by atoms with E-state index in [1.165, 1.54) is 5.56 Å². The third-order valence-electron chi connectivity index (χ3n) is 2.42. The fourth-order valence-electron chi connectivity index (χ4n) is 1.46. The molecule has 0 radical (unpaired) electrons. The van der Waals surface area contributed by atoms with Crippen LogP contribution in [-0.4, -0.2) is 25.8 Å². The summed E-state index contributed by atoms with van der Waals surface area (Å²) in [5.41, 5.74) is 2.71. The first kappa shape index (κ1) is 14.5. The molecular weight excluding hydrogens is 228 g/mol. The maximum absolute atomic E-state index is 11.7. The lowest BCUT2D eigenvalue weighted by atomic mass is 10.1. The first-order valence-corrected chi connectivity index (χ1v) is 6.19. The largest absolute Gasteiger partial charge is 0.463 e. The Balaban J connectivity index is 2.86. The molecule has 3 nitrogen and oxygen atoms in total. The van der Waals surface area contributed by atoms with Crippen molar-refractivity contribution < 1.29 is 14.3 Å². The number of esters is 1. The van der Waals surface area contributed by atoms with Crippen molar-refractivity contribution >= 4 is 12.0 Å². The molecule has 0 N–H and O–H groups in total. The summed E-state index contributed by atoms with van der Waals surface area (Å²) >= 11 is 0. The van der Waals surface area contributed by atoms with Crippen molar-refractivity contribution in [2.45, 2.75) is 20.8 Å². The molecule has 0 bridgehead atoms. The predicted molar refractivity (Wildman–Crippen MR) is 72.3 cm³/mol. The van der Waals surface area contributed by atoms with Gasteiger partial charge in [-0.3, -0.25) is 0 Å². The van der Waals surface area contributed by atoms with Crippen molar-refractivity contribution in [2.24, 2.45) is 0 Å². The fraction of sp³-hybridized carbons (Fsp3) is 0.400. The summed E-state index contributed by atoms with van der Waals surface area (Å²) in [4.78, 5) is 11.7. The van der Waals surface area contributed by atoms with Crippen LogP contribution in [-0.2, 0) is 14.3 Å². The maximum atomic E-state index is 11.7. The molecule has 1 aromatic carbocycles. The zero-order valence-corrected chi connectivity index (χ0v) is 11.2. The van der Waals surface area contributed by atoms with Crippen LogP contribution in [0.4, 0.5) is 0 Å².